The van der Waals surface area contributed by atoms with Gasteiger partial charge in [-0.25, -0.2) is 0 Å². The Kier molecular flexibility index (Phi) is 6.47. The third kappa shape index (κ3) is 4.91. The molecule has 0 atom stereocenters. The van der Waals surface area contributed by atoms with Crippen molar-refractivity contribution in [3.05, 3.63) is 70.3 Å². The molecule has 5 nitrogen and oxygen atoms in total. The monoisotopic (exact) mass is 392 g/mol. The first-order chi connectivity index (χ1) is 13.9. The molecular weight excluding hydrogens is 364 g/mol. The quantitative estimate of drug-likeness (QED) is 0.793. The highest BCUT2D eigenvalue weighted by molar-refractivity contribution is 5.99. The normalized spacial score (nSPS) is 14.5. The summed E-state index contributed by atoms with van der Waals surface area (Å²) in [6.07, 6.45) is 1.31. The first-order valence-corrected chi connectivity index (χ1v) is 10.1. The first kappa shape index (κ1) is 20.8. The molecule has 29 heavy (non-hydrogen) atoms. The maximum Gasteiger partial charge on any atom is 0.251 e. The number of hydrogen-bond donors (Lipinski definition) is 1. The molecule has 1 fully saturated rings. The summed E-state index contributed by atoms with van der Waals surface area (Å²) in [6, 6.07) is 13.2. The van der Waals surface area contributed by atoms with Crippen molar-refractivity contribution in [2.45, 2.75) is 33.6 Å². The standard InChI is InChI=1S/C24H28N2O3/c1-16-8-9-20(18(3)14-16)23(28)19-10-12-26(13-11-19)22(27)15-25-24(29)21-7-5-4-6-17(21)2/h4-9,14,19H,10-13,15H2,1-3H3,(H,25,29). The zero-order valence-electron chi connectivity index (χ0n) is 17.3. The van der Waals surface area contributed by atoms with Crippen molar-refractivity contribution in [3.63, 3.8) is 0 Å². The van der Waals surface area contributed by atoms with Gasteiger partial charge in [0.1, 0.15) is 0 Å². The number of hydrogen-bond acceptors (Lipinski definition) is 3. The molecule has 0 radical (unpaired) electrons. The summed E-state index contributed by atoms with van der Waals surface area (Å²) in [5.41, 5.74) is 4.40. The predicted molar refractivity (Wildman–Crippen MR) is 113 cm³/mol. The van der Waals surface area contributed by atoms with Gasteiger partial charge < -0.3 is 10.2 Å². The number of nitrogens with one attached hydrogen (secondary N) is 1. The summed E-state index contributed by atoms with van der Waals surface area (Å²) in [5.74, 6) is -0.231. The van der Waals surface area contributed by atoms with E-state index in [1.165, 1.54) is 0 Å². The Bertz CT molecular complexity index is 927. The van der Waals surface area contributed by atoms with E-state index in [1.807, 2.05) is 51.1 Å². The highest BCUT2D eigenvalue weighted by Crippen LogP contribution is 2.24. The summed E-state index contributed by atoms with van der Waals surface area (Å²) in [7, 11) is 0. The third-order valence-electron chi connectivity index (χ3n) is 5.66. The van der Waals surface area contributed by atoms with Crippen molar-refractivity contribution >= 4 is 17.6 Å². The van der Waals surface area contributed by atoms with Crippen molar-refractivity contribution < 1.29 is 14.4 Å². The maximum atomic E-state index is 12.9. The maximum absolute atomic E-state index is 12.9. The van der Waals surface area contributed by atoms with Gasteiger partial charge in [0.15, 0.2) is 5.78 Å². The number of benzene rings is 2. The summed E-state index contributed by atoms with van der Waals surface area (Å²) in [6.45, 7) is 6.91. The molecule has 0 unspecified atom stereocenters. The molecule has 1 saturated heterocycles. The van der Waals surface area contributed by atoms with E-state index in [0.717, 1.165) is 22.3 Å². The van der Waals surface area contributed by atoms with Crippen LogP contribution in [0, 0.1) is 26.7 Å². The average molecular weight is 392 g/mol. The van der Waals surface area contributed by atoms with Crippen LogP contribution in [0.1, 0.15) is 50.2 Å². The van der Waals surface area contributed by atoms with Gasteiger partial charge in [-0.2, -0.15) is 0 Å². The van der Waals surface area contributed by atoms with Crippen LogP contribution in [0.3, 0.4) is 0 Å². The lowest BCUT2D eigenvalue weighted by Crippen LogP contribution is -2.45. The molecule has 0 spiro atoms. The van der Waals surface area contributed by atoms with Crippen LogP contribution in [0.5, 0.6) is 0 Å². The lowest BCUT2D eigenvalue weighted by molar-refractivity contribution is -0.131. The number of aryl methyl sites for hydroxylation is 3. The largest absolute Gasteiger partial charge is 0.343 e. The van der Waals surface area contributed by atoms with Crippen molar-refractivity contribution in [1.82, 2.24) is 10.2 Å². The minimum absolute atomic E-state index is 0.0249. The van der Waals surface area contributed by atoms with Crippen LogP contribution in [0.2, 0.25) is 0 Å². The molecule has 1 aliphatic rings. The topological polar surface area (TPSA) is 66.5 Å². The summed E-state index contributed by atoms with van der Waals surface area (Å²) >= 11 is 0. The number of piperidine rings is 1. The Balaban J connectivity index is 1.51. The zero-order valence-corrected chi connectivity index (χ0v) is 17.3. The number of Topliss-reactive ketones (excluding diaryl/α,β-unsaturated/α-hetero) is 1. The van der Waals surface area contributed by atoms with Crippen LogP contribution < -0.4 is 5.32 Å². The average Bonchev–Trinajstić information content (AvgIpc) is 2.72. The Morgan fingerprint density at radius 2 is 1.62 bits per heavy atom. The van der Waals surface area contributed by atoms with Crippen LogP contribution in [-0.4, -0.2) is 42.1 Å². The minimum Gasteiger partial charge on any atom is -0.343 e. The Morgan fingerprint density at radius 1 is 0.931 bits per heavy atom. The molecule has 3 rings (SSSR count). The van der Waals surface area contributed by atoms with Gasteiger partial charge in [0.25, 0.3) is 5.91 Å². The second-order valence-electron chi connectivity index (χ2n) is 7.84. The Hall–Kier alpha value is -2.95. The molecule has 0 aliphatic carbocycles. The number of nitrogens with zero attached hydrogens (tertiary/aromatic N) is 1. The second-order valence-corrected chi connectivity index (χ2v) is 7.84. The number of ketones is 1. The van der Waals surface area contributed by atoms with Crippen LogP contribution >= 0.6 is 0 Å². The smallest absolute Gasteiger partial charge is 0.251 e. The van der Waals surface area contributed by atoms with Crippen LogP contribution in [0.4, 0.5) is 0 Å². The molecule has 5 heteroatoms. The van der Waals surface area contributed by atoms with E-state index < -0.39 is 0 Å². The SMILES string of the molecule is Cc1ccc(C(=O)C2CCN(C(=O)CNC(=O)c3ccccc3C)CC2)c(C)c1. The lowest BCUT2D eigenvalue weighted by atomic mass is 9.87. The van der Waals surface area contributed by atoms with Gasteiger partial charge in [0, 0.05) is 30.1 Å². The fourth-order valence-corrected chi connectivity index (χ4v) is 3.89. The van der Waals surface area contributed by atoms with E-state index in [9.17, 15) is 14.4 Å². The van der Waals surface area contributed by atoms with E-state index in [0.29, 0.717) is 31.5 Å². The zero-order chi connectivity index (χ0) is 21.0. The van der Waals surface area contributed by atoms with E-state index >= 15 is 0 Å². The second kappa shape index (κ2) is 9.03. The van der Waals surface area contributed by atoms with Gasteiger partial charge in [0.05, 0.1) is 6.54 Å². The molecule has 2 aromatic rings. The molecule has 1 N–H and O–H groups in total. The molecule has 0 bridgehead atoms. The molecular formula is C24H28N2O3. The first-order valence-electron chi connectivity index (χ1n) is 10.1. The van der Waals surface area contributed by atoms with Crippen LogP contribution in [0.15, 0.2) is 42.5 Å². The van der Waals surface area contributed by atoms with Gasteiger partial charge >= 0.3 is 0 Å². The van der Waals surface area contributed by atoms with E-state index in [1.54, 1.807) is 17.0 Å². The fourth-order valence-electron chi connectivity index (χ4n) is 3.89. The summed E-state index contributed by atoms with van der Waals surface area (Å²) in [4.78, 5) is 39.4. The van der Waals surface area contributed by atoms with E-state index in [-0.39, 0.29) is 30.1 Å². The van der Waals surface area contributed by atoms with Gasteiger partial charge in [-0.1, -0.05) is 42.0 Å². The Labute approximate surface area is 172 Å². The van der Waals surface area contributed by atoms with Crippen LogP contribution in [0.25, 0.3) is 0 Å². The number of carbonyl (C=O) groups excluding carboxylic acids is 3. The third-order valence-corrected chi connectivity index (χ3v) is 5.66. The number of carbonyl (C=O) groups is 3. The van der Waals surface area contributed by atoms with E-state index in [4.69, 9.17) is 0 Å². The van der Waals surface area contributed by atoms with Crippen molar-refractivity contribution in [2.24, 2.45) is 5.92 Å². The highest BCUT2D eigenvalue weighted by atomic mass is 16.2. The Morgan fingerprint density at radius 3 is 2.28 bits per heavy atom. The van der Waals surface area contributed by atoms with Gasteiger partial charge in [-0.15, -0.1) is 0 Å². The van der Waals surface area contributed by atoms with Crippen LogP contribution in [-0.2, 0) is 4.79 Å². The molecule has 1 heterocycles. The predicted octanol–water partition coefficient (Wildman–Crippen LogP) is 3.46. The molecule has 2 amide bonds. The molecule has 152 valence electrons. The number of amides is 2. The van der Waals surface area contributed by atoms with Crippen molar-refractivity contribution in [3.8, 4) is 0 Å². The van der Waals surface area contributed by atoms with Gasteiger partial charge in [-0.3, -0.25) is 14.4 Å². The van der Waals surface area contributed by atoms with Gasteiger partial charge in [0.2, 0.25) is 5.91 Å². The van der Waals surface area contributed by atoms with Crippen molar-refractivity contribution in [1.29, 1.82) is 0 Å². The van der Waals surface area contributed by atoms with Crippen molar-refractivity contribution in [2.75, 3.05) is 19.6 Å². The van der Waals surface area contributed by atoms with E-state index in [2.05, 4.69) is 5.32 Å². The molecule has 0 saturated carbocycles. The lowest BCUT2D eigenvalue weighted by Gasteiger charge is -2.31. The molecule has 0 aromatic heterocycles. The number of rotatable bonds is 5. The van der Waals surface area contributed by atoms with Gasteiger partial charge in [-0.05, 0) is 50.8 Å². The minimum atomic E-state index is -0.239. The fraction of sp³-hybridized carbons (Fsp3) is 0.375. The number of likely N-dealkylation sites (tertiary alicyclic amines) is 1. The molecule has 2 aromatic carbocycles. The molecule has 1 aliphatic heterocycles. The summed E-state index contributed by atoms with van der Waals surface area (Å²) in [5, 5.41) is 2.71. The highest BCUT2D eigenvalue weighted by Gasteiger charge is 2.28. The summed E-state index contributed by atoms with van der Waals surface area (Å²) < 4.78 is 0.